The van der Waals surface area contributed by atoms with Crippen molar-refractivity contribution in [3.8, 4) is 0 Å². The van der Waals surface area contributed by atoms with Crippen molar-refractivity contribution in [2.75, 3.05) is 12.4 Å². The summed E-state index contributed by atoms with van der Waals surface area (Å²) in [6.07, 6.45) is 3.42. The second kappa shape index (κ2) is 6.62. The van der Waals surface area contributed by atoms with E-state index in [4.69, 9.17) is 0 Å². The van der Waals surface area contributed by atoms with Crippen LogP contribution in [-0.2, 0) is 6.54 Å². The van der Waals surface area contributed by atoms with Crippen molar-refractivity contribution in [3.63, 3.8) is 0 Å². The zero-order chi connectivity index (χ0) is 15.4. The number of aromatic nitrogens is 3. The van der Waals surface area contributed by atoms with E-state index in [2.05, 4.69) is 25.6 Å². The van der Waals surface area contributed by atoms with E-state index in [0.29, 0.717) is 23.8 Å². The summed E-state index contributed by atoms with van der Waals surface area (Å²) in [5.41, 5.74) is 0.995. The summed E-state index contributed by atoms with van der Waals surface area (Å²) in [7, 11) is 1.75. The molecule has 2 N–H and O–H groups in total. The number of nitrogens with zero attached hydrogens (tertiary/aromatic N) is 3. The van der Waals surface area contributed by atoms with Crippen LogP contribution in [-0.4, -0.2) is 27.9 Å². The largest absolute Gasteiger partial charge is 0.385 e. The maximum Gasteiger partial charge on any atom is 0.272 e. The molecule has 0 saturated heterocycles. The molecule has 0 saturated carbocycles. The van der Waals surface area contributed by atoms with E-state index in [9.17, 15) is 4.79 Å². The molecular weight excluding hydrogens is 286 g/mol. The third-order valence-electron chi connectivity index (χ3n) is 2.90. The number of amides is 1. The van der Waals surface area contributed by atoms with Crippen molar-refractivity contribution in [1.82, 2.24) is 20.3 Å². The fraction of sp³-hybridized carbons (Fsp3) is 0.429. The Hall–Kier alpha value is -2.02. The lowest BCUT2D eigenvalue weighted by atomic mass is 10.2. The Morgan fingerprint density at radius 1 is 1.33 bits per heavy atom. The van der Waals surface area contributed by atoms with E-state index < -0.39 is 0 Å². The van der Waals surface area contributed by atoms with Gasteiger partial charge in [-0.2, -0.15) is 0 Å². The van der Waals surface area contributed by atoms with Gasteiger partial charge < -0.3 is 10.6 Å². The van der Waals surface area contributed by atoms with Crippen LogP contribution < -0.4 is 10.6 Å². The molecule has 0 aliphatic rings. The molecule has 2 aromatic rings. The molecule has 0 aromatic carbocycles. The first-order chi connectivity index (χ1) is 10.0. The molecule has 0 spiro atoms. The number of aryl methyl sites for hydroxylation is 1. The van der Waals surface area contributed by atoms with Crippen LogP contribution in [0.4, 0.5) is 5.69 Å². The maximum absolute atomic E-state index is 12.3. The van der Waals surface area contributed by atoms with Crippen LogP contribution in [0, 0.1) is 6.92 Å². The lowest BCUT2D eigenvalue weighted by Gasteiger charge is -2.11. The van der Waals surface area contributed by atoms with Gasteiger partial charge in [-0.1, -0.05) is 13.8 Å². The van der Waals surface area contributed by atoms with E-state index in [1.807, 2.05) is 20.8 Å². The van der Waals surface area contributed by atoms with Crippen molar-refractivity contribution in [1.29, 1.82) is 0 Å². The number of thiazole rings is 1. The number of rotatable bonds is 5. The molecule has 0 fully saturated rings. The van der Waals surface area contributed by atoms with Gasteiger partial charge in [0.2, 0.25) is 0 Å². The average molecular weight is 305 g/mol. The van der Waals surface area contributed by atoms with Crippen molar-refractivity contribution in [2.45, 2.75) is 33.2 Å². The normalized spacial score (nSPS) is 10.7. The molecular formula is C14H19N5OS. The van der Waals surface area contributed by atoms with E-state index >= 15 is 0 Å². The average Bonchev–Trinajstić information content (AvgIpc) is 2.89. The number of hydrogen-bond donors (Lipinski definition) is 2. The van der Waals surface area contributed by atoms with Gasteiger partial charge in [-0.15, -0.1) is 11.3 Å². The van der Waals surface area contributed by atoms with Crippen LogP contribution in [0.1, 0.15) is 46.0 Å². The molecule has 0 atom stereocenters. The van der Waals surface area contributed by atoms with Gasteiger partial charge >= 0.3 is 0 Å². The fourth-order valence-electron chi connectivity index (χ4n) is 1.77. The summed E-state index contributed by atoms with van der Waals surface area (Å²) in [4.78, 5) is 26.1. The predicted molar refractivity (Wildman–Crippen MR) is 83.7 cm³/mol. The van der Waals surface area contributed by atoms with Gasteiger partial charge in [0, 0.05) is 24.0 Å². The smallest absolute Gasteiger partial charge is 0.272 e. The van der Waals surface area contributed by atoms with E-state index in [0.717, 1.165) is 9.88 Å². The van der Waals surface area contributed by atoms with E-state index in [1.165, 1.54) is 0 Å². The lowest BCUT2D eigenvalue weighted by molar-refractivity contribution is 0.0946. The van der Waals surface area contributed by atoms with Crippen molar-refractivity contribution < 1.29 is 4.79 Å². The number of carbonyl (C=O) groups is 1. The first-order valence-electron chi connectivity index (χ1n) is 6.75. The molecule has 6 nitrogen and oxygen atoms in total. The molecule has 1 amide bonds. The maximum atomic E-state index is 12.3. The number of nitrogens with one attached hydrogen (secondary N) is 2. The van der Waals surface area contributed by atoms with Gasteiger partial charge in [-0.3, -0.25) is 4.79 Å². The van der Waals surface area contributed by atoms with E-state index in [1.54, 1.807) is 30.8 Å². The topological polar surface area (TPSA) is 79.8 Å². The molecule has 0 radical (unpaired) electrons. The second-order valence-corrected chi connectivity index (χ2v) is 6.24. The lowest BCUT2D eigenvalue weighted by Crippen LogP contribution is -2.25. The van der Waals surface area contributed by atoms with Gasteiger partial charge in [-0.05, 0) is 6.92 Å². The van der Waals surface area contributed by atoms with Gasteiger partial charge in [0.15, 0.2) is 5.69 Å². The molecule has 0 bridgehead atoms. The Morgan fingerprint density at radius 3 is 2.67 bits per heavy atom. The highest BCUT2D eigenvalue weighted by molar-refractivity contribution is 7.11. The minimum atomic E-state index is -0.213. The number of hydrogen-bond acceptors (Lipinski definition) is 6. The summed E-state index contributed by atoms with van der Waals surface area (Å²) >= 11 is 1.57. The minimum absolute atomic E-state index is 0.173. The summed E-state index contributed by atoms with van der Waals surface area (Å²) in [5.74, 6) is 0.620. The molecule has 7 heteroatoms. The third kappa shape index (κ3) is 3.75. The molecule has 2 heterocycles. The van der Waals surface area contributed by atoms with E-state index in [-0.39, 0.29) is 11.8 Å². The van der Waals surface area contributed by atoms with Crippen LogP contribution in [0.2, 0.25) is 0 Å². The number of anilines is 1. The molecule has 0 aliphatic carbocycles. The zero-order valence-electron chi connectivity index (χ0n) is 12.6. The predicted octanol–water partition coefficient (Wildman–Crippen LogP) is 2.34. The highest BCUT2D eigenvalue weighted by Gasteiger charge is 2.16. The SMILES string of the molecule is CNc1cnc(C(C)C)nc1C(=O)NCc1cnc(C)s1. The van der Waals surface area contributed by atoms with Crippen LogP contribution in [0.15, 0.2) is 12.4 Å². The quantitative estimate of drug-likeness (QED) is 0.886. The Morgan fingerprint density at radius 2 is 2.10 bits per heavy atom. The Kier molecular flexibility index (Phi) is 4.85. The zero-order valence-corrected chi connectivity index (χ0v) is 13.4. The van der Waals surface area contributed by atoms with Crippen LogP contribution in [0.3, 0.4) is 0 Å². The first-order valence-corrected chi connectivity index (χ1v) is 7.57. The molecule has 112 valence electrons. The van der Waals surface area contributed by atoms with Crippen LogP contribution >= 0.6 is 11.3 Å². The third-order valence-corrected chi connectivity index (χ3v) is 3.81. The minimum Gasteiger partial charge on any atom is -0.385 e. The van der Waals surface area contributed by atoms with Gasteiger partial charge in [0.05, 0.1) is 23.4 Å². The summed E-state index contributed by atoms with van der Waals surface area (Å²) < 4.78 is 0. The van der Waals surface area contributed by atoms with Crippen molar-refractivity contribution >= 4 is 22.9 Å². The fourth-order valence-corrected chi connectivity index (χ4v) is 2.50. The van der Waals surface area contributed by atoms with Gasteiger partial charge in [0.1, 0.15) is 5.82 Å². The second-order valence-electron chi connectivity index (χ2n) is 4.92. The Labute approximate surface area is 128 Å². The summed E-state index contributed by atoms with van der Waals surface area (Å²) in [6.45, 7) is 6.38. The van der Waals surface area contributed by atoms with Crippen molar-refractivity contribution in [2.24, 2.45) is 0 Å². The van der Waals surface area contributed by atoms with Crippen LogP contribution in [0.5, 0.6) is 0 Å². The molecule has 0 aliphatic heterocycles. The highest BCUT2D eigenvalue weighted by atomic mass is 32.1. The Balaban J connectivity index is 2.15. The molecule has 2 aromatic heterocycles. The molecule has 0 unspecified atom stereocenters. The van der Waals surface area contributed by atoms with Gasteiger partial charge in [0.25, 0.3) is 5.91 Å². The van der Waals surface area contributed by atoms with Gasteiger partial charge in [-0.25, -0.2) is 15.0 Å². The number of carbonyl (C=O) groups excluding carboxylic acids is 1. The highest BCUT2D eigenvalue weighted by Crippen LogP contribution is 2.16. The van der Waals surface area contributed by atoms with Crippen molar-refractivity contribution in [3.05, 3.63) is 33.8 Å². The standard InChI is InChI=1S/C14H19N5OS/c1-8(2)13-17-7-11(15-4)12(19-13)14(20)18-6-10-5-16-9(3)21-10/h5,7-8,15H,6H2,1-4H3,(H,18,20). The first kappa shape index (κ1) is 15.4. The van der Waals surface area contributed by atoms with Crippen LogP contribution in [0.25, 0.3) is 0 Å². The molecule has 21 heavy (non-hydrogen) atoms. The Bertz CT molecular complexity index is 638. The molecule has 2 rings (SSSR count). The summed E-state index contributed by atoms with van der Waals surface area (Å²) in [6, 6.07) is 0. The summed E-state index contributed by atoms with van der Waals surface area (Å²) in [5, 5.41) is 6.81. The monoisotopic (exact) mass is 305 g/mol.